The van der Waals surface area contributed by atoms with Crippen molar-refractivity contribution in [3.8, 4) is 5.75 Å². The minimum atomic E-state index is -0.869. The van der Waals surface area contributed by atoms with E-state index >= 15 is 0 Å². The van der Waals surface area contributed by atoms with E-state index in [2.05, 4.69) is 15.9 Å². The highest BCUT2D eigenvalue weighted by Gasteiger charge is 2.13. The van der Waals surface area contributed by atoms with Gasteiger partial charge in [0, 0.05) is 6.54 Å². The van der Waals surface area contributed by atoms with Gasteiger partial charge in [-0.05, 0) is 33.6 Å². The van der Waals surface area contributed by atoms with Crippen molar-refractivity contribution in [1.82, 2.24) is 0 Å². The van der Waals surface area contributed by atoms with Gasteiger partial charge in [0.05, 0.1) is 17.7 Å². The van der Waals surface area contributed by atoms with E-state index in [9.17, 15) is 9.50 Å². The molecule has 1 aromatic carbocycles. The Morgan fingerprint density at radius 1 is 1.64 bits per heavy atom. The number of ether oxygens (including phenoxy) is 1. The number of hydrogen-bond acceptors (Lipinski definition) is 3. The van der Waals surface area contributed by atoms with Gasteiger partial charge in [-0.15, -0.1) is 0 Å². The van der Waals surface area contributed by atoms with Gasteiger partial charge in [0.2, 0.25) is 0 Å². The highest BCUT2D eigenvalue weighted by atomic mass is 79.9. The van der Waals surface area contributed by atoms with E-state index in [0.29, 0.717) is 11.3 Å². The maximum Gasteiger partial charge on any atom is 0.141 e. The molecule has 1 unspecified atom stereocenters. The van der Waals surface area contributed by atoms with Crippen LogP contribution in [0.5, 0.6) is 5.75 Å². The van der Waals surface area contributed by atoms with Crippen LogP contribution in [0.1, 0.15) is 11.7 Å². The van der Waals surface area contributed by atoms with Crippen LogP contribution in [0, 0.1) is 5.82 Å². The first-order valence-corrected chi connectivity index (χ1v) is 4.80. The molecule has 0 fully saturated rings. The van der Waals surface area contributed by atoms with Crippen molar-refractivity contribution in [3.63, 3.8) is 0 Å². The van der Waals surface area contributed by atoms with E-state index in [1.807, 2.05) is 0 Å². The molecule has 3 N–H and O–H groups in total. The zero-order valence-electron chi connectivity index (χ0n) is 7.63. The summed E-state index contributed by atoms with van der Waals surface area (Å²) in [5.41, 5.74) is 5.67. The second-order valence-electron chi connectivity index (χ2n) is 2.77. The molecule has 5 heteroatoms. The lowest BCUT2D eigenvalue weighted by molar-refractivity contribution is 0.185. The molecule has 0 heterocycles. The molecular formula is C9H11BrFNO2. The van der Waals surface area contributed by atoms with Crippen molar-refractivity contribution >= 4 is 15.9 Å². The first-order chi connectivity index (χ1) is 6.60. The molecule has 0 aromatic heterocycles. The molecule has 0 saturated carbocycles. The number of nitrogens with two attached hydrogens (primary N) is 1. The van der Waals surface area contributed by atoms with Gasteiger partial charge in [0.25, 0.3) is 0 Å². The van der Waals surface area contributed by atoms with Crippen LogP contribution in [0.4, 0.5) is 4.39 Å². The van der Waals surface area contributed by atoms with Crippen molar-refractivity contribution in [2.24, 2.45) is 5.73 Å². The van der Waals surface area contributed by atoms with E-state index in [-0.39, 0.29) is 11.0 Å². The molecule has 3 nitrogen and oxygen atoms in total. The highest BCUT2D eigenvalue weighted by molar-refractivity contribution is 9.10. The molecular weight excluding hydrogens is 253 g/mol. The van der Waals surface area contributed by atoms with Crippen LogP contribution in [0.25, 0.3) is 0 Å². The third kappa shape index (κ3) is 2.23. The van der Waals surface area contributed by atoms with E-state index < -0.39 is 11.9 Å². The average Bonchev–Trinajstić information content (AvgIpc) is 2.20. The molecule has 0 bridgehead atoms. The van der Waals surface area contributed by atoms with Crippen molar-refractivity contribution in [2.45, 2.75) is 6.10 Å². The molecule has 1 atom stereocenters. The summed E-state index contributed by atoms with van der Waals surface area (Å²) >= 11 is 3.03. The average molecular weight is 264 g/mol. The smallest absolute Gasteiger partial charge is 0.141 e. The summed E-state index contributed by atoms with van der Waals surface area (Å²) in [6.07, 6.45) is -0.869. The van der Waals surface area contributed by atoms with Gasteiger partial charge in [-0.25, -0.2) is 4.39 Å². The summed E-state index contributed by atoms with van der Waals surface area (Å²) in [6, 6.07) is 2.77. The predicted molar refractivity (Wildman–Crippen MR) is 54.7 cm³/mol. The van der Waals surface area contributed by atoms with Crippen LogP contribution in [-0.2, 0) is 0 Å². The Balaban J connectivity index is 3.16. The third-order valence-electron chi connectivity index (χ3n) is 1.85. The molecule has 0 saturated heterocycles. The molecule has 0 radical (unpaired) electrons. The summed E-state index contributed by atoms with van der Waals surface area (Å²) in [6.45, 7) is 0.0459. The maximum absolute atomic E-state index is 13.2. The Bertz CT molecular complexity index is 333. The summed E-state index contributed by atoms with van der Waals surface area (Å²) in [5, 5.41) is 9.40. The zero-order valence-corrected chi connectivity index (χ0v) is 9.21. The lowest BCUT2D eigenvalue weighted by Gasteiger charge is -2.11. The topological polar surface area (TPSA) is 55.5 Å². The minimum Gasteiger partial charge on any atom is -0.495 e. The molecule has 0 spiro atoms. The first-order valence-electron chi connectivity index (χ1n) is 4.01. The number of hydrogen-bond donors (Lipinski definition) is 2. The van der Waals surface area contributed by atoms with Gasteiger partial charge in [-0.2, -0.15) is 0 Å². The van der Waals surface area contributed by atoms with Crippen LogP contribution in [0.3, 0.4) is 0 Å². The van der Waals surface area contributed by atoms with Crippen LogP contribution < -0.4 is 10.5 Å². The summed E-state index contributed by atoms with van der Waals surface area (Å²) in [7, 11) is 1.43. The fourth-order valence-corrected chi connectivity index (χ4v) is 1.45. The van der Waals surface area contributed by atoms with Crippen LogP contribution in [0.15, 0.2) is 16.6 Å². The summed E-state index contributed by atoms with van der Waals surface area (Å²) in [5.74, 6) is -0.139. The van der Waals surface area contributed by atoms with Crippen LogP contribution in [0.2, 0.25) is 0 Å². The lowest BCUT2D eigenvalue weighted by Crippen LogP contribution is -2.12. The molecule has 1 aromatic rings. The monoisotopic (exact) mass is 263 g/mol. The van der Waals surface area contributed by atoms with Crippen molar-refractivity contribution in [1.29, 1.82) is 0 Å². The second kappa shape index (κ2) is 4.72. The lowest BCUT2D eigenvalue weighted by atomic mass is 10.1. The largest absolute Gasteiger partial charge is 0.495 e. The number of aliphatic hydroxyl groups is 1. The number of halogens is 2. The van der Waals surface area contributed by atoms with Crippen molar-refractivity contribution in [2.75, 3.05) is 13.7 Å². The first kappa shape index (κ1) is 11.4. The molecule has 0 aliphatic heterocycles. The maximum atomic E-state index is 13.2. The van der Waals surface area contributed by atoms with Crippen molar-refractivity contribution < 1.29 is 14.2 Å². The van der Waals surface area contributed by atoms with Gasteiger partial charge >= 0.3 is 0 Å². The van der Waals surface area contributed by atoms with Gasteiger partial charge in [-0.3, -0.25) is 0 Å². The normalized spacial score (nSPS) is 12.6. The Labute approximate surface area is 89.8 Å². The van der Waals surface area contributed by atoms with Crippen molar-refractivity contribution in [3.05, 3.63) is 28.0 Å². The fourth-order valence-electron chi connectivity index (χ4n) is 1.06. The zero-order chi connectivity index (χ0) is 10.7. The molecule has 1 rings (SSSR count). The SMILES string of the molecule is COc1cc(C(O)CN)cc(F)c1Br. The van der Waals surface area contributed by atoms with Gasteiger partial charge in [0.15, 0.2) is 0 Å². The quantitative estimate of drug-likeness (QED) is 0.871. The number of rotatable bonds is 3. The van der Waals surface area contributed by atoms with Gasteiger partial charge in [-0.1, -0.05) is 0 Å². The summed E-state index contributed by atoms with van der Waals surface area (Å²) in [4.78, 5) is 0. The van der Waals surface area contributed by atoms with E-state index in [0.717, 1.165) is 0 Å². The Morgan fingerprint density at radius 2 is 2.29 bits per heavy atom. The molecule has 0 aliphatic rings. The standard InChI is InChI=1S/C9H11BrFNO2/c1-14-8-3-5(7(13)4-12)2-6(11)9(8)10/h2-3,7,13H,4,12H2,1H3. The molecule has 0 aliphatic carbocycles. The Morgan fingerprint density at radius 3 is 2.79 bits per heavy atom. The third-order valence-corrected chi connectivity index (χ3v) is 2.61. The predicted octanol–water partition coefficient (Wildman–Crippen LogP) is 1.59. The number of methoxy groups -OCH3 is 1. The fraction of sp³-hybridized carbons (Fsp3) is 0.333. The van der Waals surface area contributed by atoms with E-state index in [1.165, 1.54) is 13.2 Å². The van der Waals surface area contributed by atoms with Gasteiger partial charge < -0.3 is 15.6 Å². The van der Waals surface area contributed by atoms with Crippen LogP contribution in [-0.4, -0.2) is 18.8 Å². The van der Waals surface area contributed by atoms with E-state index in [1.54, 1.807) is 6.07 Å². The van der Waals surface area contributed by atoms with Gasteiger partial charge in [0.1, 0.15) is 11.6 Å². The van der Waals surface area contributed by atoms with Crippen LogP contribution >= 0.6 is 15.9 Å². The Kier molecular flexibility index (Phi) is 3.86. The number of benzene rings is 1. The summed E-state index contributed by atoms with van der Waals surface area (Å²) < 4.78 is 18.4. The second-order valence-corrected chi connectivity index (χ2v) is 3.56. The molecule has 0 amide bonds. The molecule has 14 heavy (non-hydrogen) atoms. The molecule has 78 valence electrons. The highest BCUT2D eigenvalue weighted by Crippen LogP contribution is 2.30. The minimum absolute atomic E-state index is 0.0459. The van der Waals surface area contributed by atoms with E-state index in [4.69, 9.17) is 10.5 Å². The Hall–Kier alpha value is -0.650. The number of aliphatic hydroxyl groups excluding tert-OH is 1.